The van der Waals surface area contributed by atoms with Crippen LogP contribution in [0.25, 0.3) is 0 Å². The third-order valence-electron chi connectivity index (χ3n) is 3.37. The minimum absolute atomic E-state index is 0.345. The summed E-state index contributed by atoms with van der Waals surface area (Å²) in [7, 11) is 1.98. The minimum atomic E-state index is 0.345. The van der Waals surface area contributed by atoms with Crippen LogP contribution in [0.15, 0.2) is 5.03 Å². The van der Waals surface area contributed by atoms with Crippen LogP contribution in [0, 0.1) is 0 Å². The zero-order valence-electron chi connectivity index (χ0n) is 10.9. The summed E-state index contributed by atoms with van der Waals surface area (Å²) >= 11 is 7.86. The van der Waals surface area contributed by atoms with Crippen LogP contribution in [0.2, 0.25) is 5.28 Å². The van der Waals surface area contributed by atoms with Gasteiger partial charge in [-0.1, -0.05) is 0 Å². The summed E-state index contributed by atoms with van der Waals surface area (Å²) in [5.74, 6) is 1.00. The molecule has 1 atom stereocenters. The monoisotopic (exact) mass is 300 g/mol. The van der Waals surface area contributed by atoms with Crippen molar-refractivity contribution in [1.29, 1.82) is 0 Å². The molecule has 104 valence electrons. The molecule has 19 heavy (non-hydrogen) atoms. The standard InChI is InChI=1S/C12H17ClN4OS/c1-14-7-8-6-9-10(17-2-4-18-5-3-17)15-12(13)16-11(9)19-8/h8,14H,2-7H2,1H3. The fourth-order valence-electron chi connectivity index (χ4n) is 2.51. The highest BCUT2D eigenvalue weighted by Gasteiger charge is 2.29. The summed E-state index contributed by atoms with van der Waals surface area (Å²) in [6.07, 6.45) is 1.00. The molecule has 2 aliphatic rings. The van der Waals surface area contributed by atoms with Gasteiger partial charge in [0, 0.05) is 30.4 Å². The van der Waals surface area contributed by atoms with Crippen LogP contribution in [0.5, 0.6) is 0 Å². The first-order chi connectivity index (χ1) is 9.28. The lowest BCUT2D eigenvalue weighted by atomic mass is 10.1. The Bertz CT molecular complexity index is 467. The number of rotatable bonds is 3. The molecule has 0 spiro atoms. The number of hydrogen-bond acceptors (Lipinski definition) is 6. The van der Waals surface area contributed by atoms with Crippen molar-refractivity contribution in [1.82, 2.24) is 15.3 Å². The predicted octanol–water partition coefficient (Wildman–Crippen LogP) is 1.20. The van der Waals surface area contributed by atoms with Gasteiger partial charge in [0.25, 0.3) is 0 Å². The average Bonchev–Trinajstić information content (AvgIpc) is 2.81. The number of ether oxygens (including phenoxy) is 1. The number of nitrogens with one attached hydrogen (secondary N) is 1. The second kappa shape index (κ2) is 5.83. The van der Waals surface area contributed by atoms with Gasteiger partial charge in [-0.2, -0.15) is 0 Å². The molecule has 3 heterocycles. The van der Waals surface area contributed by atoms with Crippen molar-refractivity contribution < 1.29 is 4.74 Å². The minimum Gasteiger partial charge on any atom is -0.378 e. The maximum absolute atomic E-state index is 6.06. The maximum atomic E-state index is 6.06. The molecule has 0 aromatic carbocycles. The molecule has 0 amide bonds. The van der Waals surface area contributed by atoms with Crippen molar-refractivity contribution in [2.45, 2.75) is 16.7 Å². The van der Waals surface area contributed by atoms with Gasteiger partial charge in [-0.05, 0) is 25.1 Å². The molecule has 7 heteroatoms. The Hall–Kier alpha value is -0.560. The molecule has 0 bridgehead atoms. The van der Waals surface area contributed by atoms with E-state index in [4.69, 9.17) is 16.3 Å². The van der Waals surface area contributed by atoms with Crippen molar-refractivity contribution in [3.05, 3.63) is 10.8 Å². The first-order valence-corrected chi connectivity index (χ1v) is 7.74. The summed E-state index contributed by atoms with van der Waals surface area (Å²) in [5, 5.41) is 5.13. The van der Waals surface area contributed by atoms with Crippen LogP contribution >= 0.6 is 23.4 Å². The van der Waals surface area contributed by atoms with E-state index in [-0.39, 0.29) is 0 Å². The third-order valence-corrected chi connectivity index (χ3v) is 4.77. The second-order valence-corrected chi connectivity index (χ2v) is 6.33. The number of aromatic nitrogens is 2. The smallest absolute Gasteiger partial charge is 0.225 e. The summed E-state index contributed by atoms with van der Waals surface area (Å²) in [6, 6.07) is 0. The third kappa shape index (κ3) is 2.81. The normalized spacial score (nSPS) is 22.6. The van der Waals surface area contributed by atoms with E-state index in [0.29, 0.717) is 10.5 Å². The van der Waals surface area contributed by atoms with Gasteiger partial charge >= 0.3 is 0 Å². The van der Waals surface area contributed by atoms with E-state index in [1.54, 1.807) is 11.8 Å². The van der Waals surface area contributed by atoms with Crippen LogP contribution in [0.1, 0.15) is 5.56 Å². The number of nitrogens with zero attached hydrogens (tertiary/aromatic N) is 3. The molecule has 1 aromatic rings. The van der Waals surface area contributed by atoms with Gasteiger partial charge in [-0.3, -0.25) is 0 Å². The van der Waals surface area contributed by atoms with Crippen molar-refractivity contribution in [3.8, 4) is 0 Å². The Morgan fingerprint density at radius 3 is 2.95 bits per heavy atom. The number of fused-ring (bicyclic) bond motifs is 1. The van der Waals surface area contributed by atoms with Crippen LogP contribution < -0.4 is 10.2 Å². The molecule has 0 aliphatic carbocycles. The van der Waals surface area contributed by atoms with E-state index in [1.807, 2.05) is 7.05 Å². The Kier molecular flexibility index (Phi) is 4.12. The van der Waals surface area contributed by atoms with E-state index >= 15 is 0 Å². The number of anilines is 1. The van der Waals surface area contributed by atoms with Gasteiger partial charge in [-0.25, -0.2) is 9.97 Å². The van der Waals surface area contributed by atoms with E-state index in [9.17, 15) is 0 Å². The Labute approximate surface area is 122 Å². The highest BCUT2D eigenvalue weighted by atomic mass is 35.5. The van der Waals surface area contributed by atoms with Gasteiger partial charge in [0.2, 0.25) is 5.28 Å². The van der Waals surface area contributed by atoms with Gasteiger partial charge in [0.1, 0.15) is 10.8 Å². The topological polar surface area (TPSA) is 50.3 Å². The fourth-order valence-corrected chi connectivity index (χ4v) is 3.99. The van der Waals surface area contributed by atoms with E-state index in [0.717, 1.165) is 50.1 Å². The number of thioether (sulfide) groups is 1. The highest BCUT2D eigenvalue weighted by Crippen LogP contribution is 2.40. The van der Waals surface area contributed by atoms with Crippen LogP contribution in [-0.2, 0) is 11.2 Å². The number of hydrogen-bond donors (Lipinski definition) is 1. The molecule has 1 fully saturated rings. The van der Waals surface area contributed by atoms with Gasteiger partial charge in [0.05, 0.1) is 13.2 Å². The first-order valence-electron chi connectivity index (χ1n) is 6.48. The Morgan fingerprint density at radius 1 is 1.42 bits per heavy atom. The van der Waals surface area contributed by atoms with E-state index in [1.165, 1.54) is 5.56 Å². The van der Waals surface area contributed by atoms with E-state index in [2.05, 4.69) is 20.2 Å². The molecule has 5 nitrogen and oxygen atoms in total. The molecule has 1 N–H and O–H groups in total. The van der Waals surface area contributed by atoms with Crippen LogP contribution in [0.4, 0.5) is 5.82 Å². The zero-order valence-corrected chi connectivity index (χ0v) is 12.4. The summed E-state index contributed by atoms with van der Waals surface area (Å²) in [4.78, 5) is 11.1. The average molecular weight is 301 g/mol. The molecule has 2 aliphatic heterocycles. The number of halogens is 1. The first kappa shape index (κ1) is 13.4. The fraction of sp³-hybridized carbons (Fsp3) is 0.667. The maximum Gasteiger partial charge on any atom is 0.225 e. The summed E-state index contributed by atoms with van der Waals surface area (Å²) < 4.78 is 5.40. The molecule has 0 radical (unpaired) electrons. The quantitative estimate of drug-likeness (QED) is 0.669. The molecule has 3 rings (SSSR count). The highest BCUT2D eigenvalue weighted by molar-refractivity contribution is 8.00. The second-order valence-electron chi connectivity index (χ2n) is 4.70. The molecule has 1 aromatic heterocycles. The van der Waals surface area contributed by atoms with Crippen LogP contribution in [-0.4, -0.2) is 55.1 Å². The van der Waals surface area contributed by atoms with Crippen molar-refractivity contribution in [2.24, 2.45) is 0 Å². The Morgan fingerprint density at radius 2 is 2.21 bits per heavy atom. The lowest BCUT2D eigenvalue weighted by molar-refractivity contribution is 0.122. The van der Waals surface area contributed by atoms with Crippen LogP contribution in [0.3, 0.4) is 0 Å². The SMILES string of the molecule is CNCC1Cc2c(nc(Cl)nc2N2CCOCC2)S1. The molecule has 0 saturated carbocycles. The van der Waals surface area contributed by atoms with Crippen molar-refractivity contribution in [2.75, 3.05) is 44.8 Å². The molecule has 1 unspecified atom stereocenters. The van der Waals surface area contributed by atoms with Gasteiger partial charge < -0.3 is 15.0 Å². The summed E-state index contributed by atoms with van der Waals surface area (Å²) in [5.41, 5.74) is 1.25. The predicted molar refractivity (Wildman–Crippen MR) is 77.3 cm³/mol. The van der Waals surface area contributed by atoms with Gasteiger partial charge in [-0.15, -0.1) is 11.8 Å². The van der Waals surface area contributed by atoms with Gasteiger partial charge in [0.15, 0.2) is 0 Å². The molecule has 1 saturated heterocycles. The molecular formula is C12H17ClN4OS. The molecular weight excluding hydrogens is 284 g/mol. The summed E-state index contributed by atoms with van der Waals surface area (Å²) in [6.45, 7) is 4.23. The largest absolute Gasteiger partial charge is 0.378 e. The van der Waals surface area contributed by atoms with Crippen molar-refractivity contribution >= 4 is 29.2 Å². The zero-order chi connectivity index (χ0) is 13.2. The lowest BCUT2D eigenvalue weighted by Crippen LogP contribution is -2.37. The lowest BCUT2D eigenvalue weighted by Gasteiger charge is -2.29. The van der Waals surface area contributed by atoms with Crippen molar-refractivity contribution in [3.63, 3.8) is 0 Å². The van der Waals surface area contributed by atoms with E-state index < -0.39 is 0 Å². The Balaban J connectivity index is 1.89. The number of morpholine rings is 1.